The quantitative estimate of drug-likeness (QED) is 0.711. The Morgan fingerprint density at radius 2 is 2.35 bits per heavy atom. The predicted molar refractivity (Wildman–Crippen MR) is 61.8 cm³/mol. The van der Waals surface area contributed by atoms with Crippen molar-refractivity contribution in [1.29, 1.82) is 0 Å². The van der Waals surface area contributed by atoms with Crippen LogP contribution >= 0.6 is 0 Å². The van der Waals surface area contributed by atoms with Gasteiger partial charge in [-0.1, -0.05) is 0 Å². The molecule has 0 aliphatic carbocycles. The molecule has 0 radical (unpaired) electrons. The molecule has 0 aromatic rings. The van der Waals surface area contributed by atoms with Crippen molar-refractivity contribution in [3.8, 4) is 0 Å². The minimum Gasteiger partial charge on any atom is -0.465 e. The van der Waals surface area contributed by atoms with E-state index in [9.17, 15) is 9.59 Å². The summed E-state index contributed by atoms with van der Waals surface area (Å²) in [4.78, 5) is 25.8. The number of piperazine rings is 1. The summed E-state index contributed by atoms with van der Waals surface area (Å²) < 4.78 is 0. The molecule has 0 aromatic carbocycles. The van der Waals surface area contributed by atoms with Crippen molar-refractivity contribution >= 4 is 12.0 Å². The zero-order chi connectivity index (χ0) is 12.4. The molecule has 17 heavy (non-hydrogen) atoms. The lowest BCUT2D eigenvalue weighted by Crippen LogP contribution is -2.59. The van der Waals surface area contributed by atoms with E-state index in [1.165, 1.54) is 4.90 Å². The average molecular weight is 241 g/mol. The molecular formula is C11H19N3O3. The van der Waals surface area contributed by atoms with Crippen molar-refractivity contribution in [3.05, 3.63) is 0 Å². The molecule has 0 saturated carbocycles. The maximum atomic E-state index is 11.5. The number of nitrogens with one attached hydrogen (secondary N) is 1. The molecule has 2 atom stereocenters. The lowest BCUT2D eigenvalue weighted by Gasteiger charge is -2.38. The molecule has 2 heterocycles. The van der Waals surface area contributed by atoms with Crippen molar-refractivity contribution in [3.63, 3.8) is 0 Å². The van der Waals surface area contributed by atoms with Gasteiger partial charge < -0.3 is 20.2 Å². The van der Waals surface area contributed by atoms with Crippen LogP contribution in [0.25, 0.3) is 0 Å². The van der Waals surface area contributed by atoms with E-state index in [0.29, 0.717) is 26.1 Å². The van der Waals surface area contributed by atoms with Crippen LogP contribution < -0.4 is 5.32 Å². The number of carbonyl (C=O) groups excluding carboxylic acids is 1. The molecule has 0 unspecified atom stereocenters. The Bertz CT molecular complexity index is 319. The number of hydrogen-bond donors (Lipinski definition) is 2. The summed E-state index contributed by atoms with van der Waals surface area (Å²) in [6.45, 7) is 4.42. The monoisotopic (exact) mass is 241 g/mol. The molecule has 2 rings (SSSR count). The van der Waals surface area contributed by atoms with E-state index >= 15 is 0 Å². The van der Waals surface area contributed by atoms with Gasteiger partial charge in [0.05, 0.1) is 0 Å². The van der Waals surface area contributed by atoms with Crippen LogP contribution in [-0.4, -0.2) is 65.2 Å². The summed E-state index contributed by atoms with van der Waals surface area (Å²) in [6.07, 6.45) is 0.674. The van der Waals surface area contributed by atoms with E-state index in [4.69, 9.17) is 5.11 Å². The predicted octanol–water partition coefficient (Wildman–Crippen LogP) is -0.0509. The lowest BCUT2D eigenvalue weighted by atomic mass is 10.1. The van der Waals surface area contributed by atoms with Crippen LogP contribution in [0.1, 0.15) is 19.8 Å². The number of hydrogen-bond acceptors (Lipinski definition) is 3. The Morgan fingerprint density at radius 3 is 2.94 bits per heavy atom. The number of carbonyl (C=O) groups is 2. The van der Waals surface area contributed by atoms with Gasteiger partial charge in [-0.3, -0.25) is 4.79 Å². The fourth-order valence-electron chi connectivity index (χ4n) is 2.48. The highest BCUT2D eigenvalue weighted by atomic mass is 16.4. The molecular weight excluding hydrogens is 222 g/mol. The summed E-state index contributed by atoms with van der Waals surface area (Å²) in [6, 6.07) is 0.0578. The van der Waals surface area contributed by atoms with E-state index in [0.717, 1.165) is 13.0 Å². The summed E-state index contributed by atoms with van der Waals surface area (Å²) >= 11 is 0. The molecule has 2 N–H and O–H groups in total. The minimum atomic E-state index is -0.878. The number of rotatable bonds is 2. The molecule has 2 saturated heterocycles. The molecule has 2 aliphatic heterocycles. The normalized spacial score (nSPS) is 29.8. The molecule has 2 aliphatic rings. The van der Waals surface area contributed by atoms with Crippen LogP contribution in [0, 0.1) is 0 Å². The van der Waals surface area contributed by atoms with Gasteiger partial charge >= 0.3 is 6.09 Å². The topological polar surface area (TPSA) is 72.9 Å². The van der Waals surface area contributed by atoms with Crippen LogP contribution in [0.4, 0.5) is 4.79 Å². The van der Waals surface area contributed by atoms with Gasteiger partial charge in [-0.15, -0.1) is 0 Å². The Labute approximate surface area is 101 Å². The van der Waals surface area contributed by atoms with Gasteiger partial charge in [-0.2, -0.15) is 0 Å². The molecule has 0 spiro atoms. The summed E-state index contributed by atoms with van der Waals surface area (Å²) in [5.41, 5.74) is 0. The number of carboxylic acid groups (broad SMARTS) is 1. The van der Waals surface area contributed by atoms with Crippen molar-refractivity contribution in [2.24, 2.45) is 0 Å². The van der Waals surface area contributed by atoms with Crippen molar-refractivity contribution in [2.45, 2.75) is 31.8 Å². The van der Waals surface area contributed by atoms with Gasteiger partial charge in [0, 0.05) is 44.7 Å². The van der Waals surface area contributed by atoms with E-state index in [2.05, 4.69) is 5.32 Å². The first-order valence-corrected chi connectivity index (χ1v) is 6.08. The second-order valence-corrected chi connectivity index (χ2v) is 4.83. The Hall–Kier alpha value is -1.30. The second kappa shape index (κ2) is 4.91. The highest BCUT2D eigenvalue weighted by Crippen LogP contribution is 2.13. The standard InChI is InChI=1S/C11H19N3O3/c1-8-5-12-9(7-14(8)11(16)17)6-13-4-2-3-10(13)15/h8-9,12H,2-7H2,1H3,(H,16,17)/t8-,9+/m1/s1. The zero-order valence-electron chi connectivity index (χ0n) is 10.1. The minimum absolute atomic E-state index is 0.00182. The first kappa shape index (κ1) is 12.2. The molecule has 0 aromatic heterocycles. The van der Waals surface area contributed by atoms with E-state index in [-0.39, 0.29) is 18.0 Å². The molecule has 96 valence electrons. The number of nitrogens with zero attached hydrogens (tertiary/aromatic N) is 2. The number of likely N-dealkylation sites (tertiary alicyclic amines) is 1. The molecule has 6 heteroatoms. The van der Waals surface area contributed by atoms with Crippen molar-refractivity contribution in [2.75, 3.05) is 26.2 Å². The molecule has 2 amide bonds. The van der Waals surface area contributed by atoms with Crippen LogP contribution in [0.3, 0.4) is 0 Å². The Balaban J connectivity index is 1.90. The van der Waals surface area contributed by atoms with E-state index in [1.54, 1.807) is 0 Å². The third-order valence-corrected chi connectivity index (χ3v) is 3.51. The maximum Gasteiger partial charge on any atom is 0.407 e. The third-order valence-electron chi connectivity index (χ3n) is 3.51. The van der Waals surface area contributed by atoms with Gasteiger partial charge in [0.1, 0.15) is 0 Å². The molecule has 2 fully saturated rings. The van der Waals surface area contributed by atoms with Gasteiger partial charge in [0.25, 0.3) is 0 Å². The summed E-state index contributed by atoms with van der Waals surface area (Å²) in [7, 11) is 0. The first-order valence-electron chi connectivity index (χ1n) is 6.08. The highest BCUT2D eigenvalue weighted by molar-refractivity contribution is 5.78. The van der Waals surface area contributed by atoms with Gasteiger partial charge in [-0.25, -0.2) is 4.79 Å². The zero-order valence-corrected chi connectivity index (χ0v) is 10.1. The van der Waals surface area contributed by atoms with Gasteiger partial charge in [0.15, 0.2) is 0 Å². The van der Waals surface area contributed by atoms with Crippen LogP contribution in [0.15, 0.2) is 0 Å². The smallest absolute Gasteiger partial charge is 0.407 e. The highest BCUT2D eigenvalue weighted by Gasteiger charge is 2.31. The SMILES string of the molecule is C[C@@H]1CN[C@@H](CN2CCCC2=O)CN1C(=O)O. The van der Waals surface area contributed by atoms with Crippen LogP contribution in [-0.2, 0) is 4.79 Å². The van der Waals surface area contributed by atoms with Crippen molar-refractivity contribution in [1.82, 2.24) is 15.1 Å². The van der Waals surface area contributed by atoms with Crippen LogP contribution in [0.2, 0.25) is 0 Å². The Kier molecular flexibility index (Phi) is 3.51. The maximum absolute atomic E-state index is 11.5. The molecule has 0 bridgehead atoms. The van der Waals surface area contributed by atoms with Gasteiger partial charge in [0.2, 0.25) is 5.91 Å². The van der Waals surface area contributed by atoms with Gasteiger partial charge in [-0.05, 0) is 13.3 Å². The third kappa shape index (κ3) is 2.69. The number of amides is 2. The summed E-state index contributed by atoms with van der Waals surface area (Å²) in [5.74, 6) is 0.187. The average Bonchev–Trinajstić information content (AvgIpc) is 2.67. The van der Waals surface area contributed by atoms with Crippen molar-refractivity contribution < 1.29 is 14.7 Å². The first-order chi connectivity index (χ1) is 8.08. The lowest BCUT2D eigenvalue weighted by molar-refractivity contribution is -0.128. The fourth-order valence-corrected chi connectivity index (χ4v) is 2.48. The second-order valence-electron chi connectivity index (χ2n) is 4.83. The van der Waals surface area contributed by atoms with E-state index < -0.39 is 6.09 Å². The van der Waals surface area contributed by atoms with Crippen LogP contribution in [0.5, 0.6) is 0 Å². The molecule has 6 nitrogen and oxygen atoms in total. The van der Waals surface area contributed by atoms with E-state index in [1.807, 2.05) is 11.8 Å². The fraction of sp³-hybridized carbons (Fsp3) is 0.818. The largest absolute Gasteiger partial charge is 0.465 e. The Morgan fingerprint density at radius 1 is 1.59 bits per heavy atom. The summed E-state index contributed by atoms with van der Waals surface area (Å²) in [5, 5.41) is 12.4.